The van der Waals surface area contributed by atoms with Gasteiger partial charge in [0.2, 0.25) is 0 Å². The molecular formula is C11H14INO2. The Morgan fingerprint density at radius 3 is 2.60 bits per heavy atom. The summed E-state index contributed by atoms with van der Waals surface area (Å²) in [5, 5.41) is 0. The SMILES string of the molecule is CC(C)C(Oc1cccc(I)c1)C(N)=O. The molecule has 15 heavy (non-hydrogen) atoms. The van der Waals surface area contributed by atoms with Gasteiger partial charge in [0.25, 0.3) is 5.91 Å². The third kappa shape index (κ3) is 3.70. The highest BCUT2D eigenvalue weighted by Crippen LogP contribution is 2.18. The molecule has 0 heterocycles. The van der Waals surface area contributed by atoms with Crippen LogP contribution in [0.1, 0.15) is 13.8 Å². The molecule has 0 bridgehead atoms. The van der Waals surface area contributed by atoms with E-state index in [0.29, 0.717) is 5.75 Å². The van der Waals surface area contributed by atoms with Crippen LogP contribution >= 0.6 is 22.6 Å². The van der Waals surface area contributed by atoms with Crippen molar-refractivity contribution < 1.29 is 9.53 Å². The number of carbonyl (C=O) groups excluding carboxylic acids is 1. The van der Waals surface area contributed by atoms with Crippen molar-refractivity contribution in [2.75, 3.05) is 0 Å². The van der Waals surface area contributed by atoms with Crippen molar-refractivity contribution in [3.05, 3.63) is 27.8 Å². The molecule has 82 valence electrons. The highest BCUT2D eigenvalue weighted by atomic mass is 127. The van der Waals surface area contributed by atoms with Crippen molar-refractivity contribution in [1.82, 2.24) is 0 Å². The molecule has 1 amide bonds. The van der Waals surface area contributed by atoms with Crippen LogP contribution in [0, 0.1) is 9.49 Å². The summed E-state index contributed by atoms with van der Waals surface area (Å²) in [5.74, 6) is 0.323. The fourth-order valence-corrected chi connectivity index (χ4v) is 1.72. The number of hydrogen-bond acceptors (Lipinski definition) is 2. The van der Waals surface area contributed by atoms with Crippen molar-refractivity contribution >= 4 is 28.5 Å². The molecule has 0 aromatic heterocycles. The normalized spacial score (nSPS) is 12.5. The van der Waals surface area contributed by atoms with E-state index < -0.39 is 12.0 Å². The van der Waals surface area contributed by atoms with Crippen molar-refractivity contribution in [3.8, 4) is 5.75 Å². The molecule has 3 nitrogen and oxygen atoms in total. The van der Waals surface area contributed by atoms with Gasteiger partial charge in [-0.25, -0.2) is 0 Å². The number of benzene rings is 1. The zero-order valence-electron chi connectivity index (χ0n) is 8.74. The second-order valence-corrected chi connectivity index (χ2v) is 4.89. The fourth-order valence-electron chi connectivity index (χ4n) is 1.21. The first kappa shape index (κ1) is 12.3. The number of ether oxygens (including phenoxy) is 1. The van der Waals surface area contributed by atoms with Crippen LogP contribution in [0.25, 0.3) is 0 Å². The van der Waals surface area contributed by atoms with Crippen LogP contribution in [0.5, 0.6) is 5.75 Å². The Morgan fingerprint density at radius 1 is 1.47 bits per heavy atom. The largest absolute Gasteiger partial charge is 0.480 e. The predicted molar refractivity (Wildman–Crippen MR) is 67.6 cm³/mol. The highest BCUT2D eigenvalue weighted by Gasteiger charge is 2.21. The number of nitrogens with two attached hydrogens (primary N) is 1. The number of primary amides is 1. The standard InChI is InChI=1S/C11H14INO2/c1-7(2)10(11(13)14)15-9-5-3-4-8(12)6-9/h3-7,10H,1-2H3,(H2,13,14). The minimum Gasteiger partial charge on any atom is -0.480 e. The average Bonchev–Trinajstić information content (AvgIpc) is 2.13. The first-order valence-corrected chi connectivity index (χ1v) is 5.80. The minimum atomic E-state index is -0.566. The Morgan fingerprint density at radius 2 is 2.13 bits per heavy atom. The van der Waals surface area contributed by atoms with Crippen molar-refractivity contribution in [1.29, 1.82) is 0 Å². The quantitative estimate of drug-likeness (QED) is 0.865. The summed E-state index contributed by atoms with van der Waals surface area (Å²) in [6.07, 6.45) is -0.566. The molecule has 1 aromatic rings. The molecule has 0 aliphatic heterocycles. The van der Waals surface area contributed by atoms with Crippen molar-refractivity contribution in [2.45, 2.75) is 20.0 Å². The second kappa shape index (κ2) is 5.34. The number of amides is 1. The lowest BCUT2D eigenvalue weighted by Gasteiger charge is -2.19. The molecule has 1 unspecified atom stereocenters. The summed E-state index contributed by atoms with van der Waals surface area (Å²) >= 11 is 2.19. The first-order chi connectivity index (χ1) is 7.00. The van der Waals surface area contributed by atoms with Crippen LogP contribution in [0.3, 0.4) is 0 Å². The van der Waals surface area contributed by atoms with Crippen LogP contribution in [-0.2, 0) is 4.79 Å². The Kier molecular flexibility index (Phi) is 4.38. The molecule has 0 saturated carbocycles. The van der Waals surface area contributed by atoms with E-state index in [1.807, 2.05) is 38.1 Å². The molecule has 0 aliphatic carbocycles. The molecule has 0 spiro atoms. The molecular weight excluding hydrogens is 305 g/mol. The van der Waals surface area contributed by atoms with Crippen LogP contribution < -0.4 is 10.5 Å². The lowest BCUT2D eigenvalue weighted by molar-refractivity contribution is -0.126. The van der Waals surface area contributed by atoms with Gasteiger partial charge in [0.15, 0.2) is 6.10 Å². The van der Waals surface area contributed by atoms with Gasteiger partial charge in [0, 0.05) is 3.57 Å². The van der Waals surface area contributed by atoms with Gasteiger partial charge in [-0.15, -0.1) is 0 Å². The summed E-state index contributed by atoms with van der Waals surface area (Å²) in [7, 11) is 0. The Bertz CT molecular complexity index is 352. The molecule has 0 saturated heterocycles. The number of carbonyl (C=O) groups is 1. The van der Waals surface area contributed by atoms with Crippen molar-refractivity contribution in [2.24, 2.45) is 11.7 Å². The summed E-state index contributed by atoms with van der Waals surface area (Å²) in [6.45, 7) is 3.81. The van der Waals surface area contributed by atoms with Gasteiger partial charge in [0.1, 0.15) is 5.75 Å². The molecule has 4 heteroatoms. The topological polar surface area (TPSA) is 52.3 Å². The van der Waals surface area contributed by atoms with E-state index in [2.05, 4.69) is 22.6 Å². The van der Waals surface area contributed by atoms with E-state index in [4.69, 9.17) is 10.5 Å². The zero-order valence-corrected chi connectivity index (χ0v) is 10.9. The number of halogens is 1. The van der Waals surface area contributed by atoms with Gasteiger partial charge in [-0.3, -0.25) is 4.79 Å². The van der Waals surface area contributed by atoms with Crippen LogP contribution in [0.4, 0.5) is 0 Å². The van der Waals surface area contributed by atoms with Crippen molar-refractivity contribution in [3.63, 3.8) is 0 Å². The van der Waals surface area contributed by atoms with E-state index in [-0.39, 0.29) is 5.92 Å². The Hall–Kier alpha value is -0.780. The smallest absolute Gasteiger partial charge is 0.258 e. The van der Waals surface area contributed by atoms with Gasteiger partial charge in [-0.05, 0) is 46.7 Å². The molecule has 0 aliphatic rings. The van der Waals surface area contributed by atoms with Gasteiger partial charge >= 0.3 is 0 Å². The van der Waals surface area contributed by atoms with E-state index in [1.54, 1.807) is 0 Å². The number of rotatable bonds is 4. The van der Waals surface area contributed by atoms with Gasteiger partial charge in [-0.1, -0.05) is 19.9 Å². The Labute approximate surface area is 103 Å². The lowest BCUT2D eigenvalue weighted by atomic mass is 10.1. The van der Waals surface area contributed by atoms with Crippen LogP contribution in [-0.4, -0.2) is 12.0 Å². The summed E-state index contributed by atoms with van der Waals surface area (Å²) < 4.78 is 6.61. The second-order valence-electron chi connectivity index (χ2n) is 3.64. The summed E-state index contributed by atoms with van der Waals surface area (Å²) in [6, 6.07) is 7.54. The van der Waals surface area contributed by atoms with Gasteiger partial charge in [0.05, 0.1) is 0 Å². The van der Waals surface area contributed by atoms with Crippen LogP contribution in [0.15, 0.2) is 24.3 Å². The van der Waals surface area contributed by atoms with Gasteiger partial charge in [-0.2, -0.15) is 0 Å². The van der Waals surface area contributed by atoms with E-state index >= 15 is 0 Å². The lowest BCUT2D eigenvalue weighted by Crippen LogP contribution is -2.37. The fraction of sp³-hybridized carbons (Fsp3) is 0.364. The maximum Gasteiger partial charge on any atom is 0.258 e. The maximum absolute atomic E-state index is 11.1. The maximum atomic E-state index is 11.1. The molecule has 1 rings (SSSR count). The third-order valence-electron chi connectivity index (χ3n) is 1.95. The first-order valence-electron chi connectivity index (χ1n) is 4.72. The van der Waals surface area contributed by atoms with E-state index in [1.165, 1.54) is 0 Å². The summed E-state index contributed by atoms with van der Waals surface area (Å²) in [4.78, 5) is 11.1. The molecule has 0 fully saturated rings. The molecule has 2 N–H and O–H groups in total. The summed E-state index contributed by atoms with van der Waals surface area (Å²) in [5.41, 5.74) is 5.26. The molecule has 1 atom stereocenters. The molecule has 1 aromatic carbocycles. The molecule has 0 radical (unpaired) electrons. The predicted octanol–water partition coefficient (Wildman–Crippen LogP) is 2.18. The minimum absolute atomic E-state index is 0.0698. The average molecular weight is 319 g/mol. The number of hydrogen-bond donors (Lipinski definition) is 1. The van der Waals surface area contributed by atoms with Gasteiger partial charge < -0.3 is 10.5 Å². The monoisotopic (exact) mass is 319 g/mol. The zero-order chi connectivity index (χ0) is 11.4. The Balaban J connectivity index is 2.79. The van der Waals surface area contributed by atoms with E-state index in [0.717, 1.165) is 3.57 Å². The highest BCUT2D eigenvalue weighted by molar-refractivity contribution is 14.1. The van der Waals surface area contributed by atoms with E-state index in [9.17, 15) is 4.79 Å². The third-order valence-corrected chi connectivity index (χ3v) is 2.62. The van der Waals surface area contributed by atoms with Crippen LogP contribution in [0.2, 0.25) is 0 Å².